The molecule has 1 aromatic heterocycles. The summed E-state index contributed by atoms with van der Waals surface area (Å²) < 4.78 is 12.7. The Balaban J connectivity index is 2.01. The topological polar surface area (TPSA) is 76.7 Å². The number of nitrogens with zero attached hydrogens (tertiary/aromatic N) is 2. The lowest BCUT2D eigenvalue weighted by molar-refractivity contribution is 0.0659. The van der Waals surface area contributed by atoms with E-state index >= 15 is 0 Å². The molecule has 0 aromatic carbocycles. The standard InChI is InChI=1S/C9H14BBrN2O4/c11-8-5-13(7-1-3-16-4-2-7)12-9(8)6-17-10(14)15/h5,7,14-15H,1-4,6H2. The molecule has 1 fully saturated rings. The molecule has 0 atom stereocenters. The molecule has 2 rings (SSSR count). The number of ether oxygens (including phenoxy) is 1. The Kier molecular flexibility index (Phi) is 4.58. The Labute approximate surface area is 108 Å². The highest BCUT2D eigenvalue weighted by atomic mass is 79.9. The Hall–Kier alpha value is -0.405. The minimum absolute atomic E-state index is 0.0640. The zero-order chi connectivity index (χ0) is 12.3. The van der Waals surface area contributed by atoms with Crippen LogP contribution in [-0.2, 0) is 16.0 Å². The van der Waals surface area contributed by atoms with Crippen LogP contribution in [0.15, 0.2) is 10.7 Å². The third kappa shape index (κ3) is 3.53. The lowest BCUT2D eigenvalue weighted by atomic mass is 10.1. The van der Waals surface area contributed by atoms with E-state index in [4.69, 9.17) is 14.8 Å². The summed E-state index contributed by atoms with van der Waals surface area (Å²) in [5.41, 5.74) is 0.657. The highest BCUT2D eigenvalue weighted by molar-refractivity contribution is 9.10. The lowest BCUT2D eigenvalue weighted by Gasteiger charge is -2.22. The van der Waals surface area contributed by atoms with Crippen molar-refractivity contribution in [1.29, 1.82) is 0 Å². The van der Waals surface area contributed by atoms with Gasteiger partial charge in [-0.1, -0.05) is 0 Å². The maximum absolute atomic E-state index is 8.63. The quantitative estimate of drug-likeness (QED) is 0.792. The molecule has 0 radical (unpaired) electrons. The van der Waals surface area contributed by atoms with Crippen LogP contribution in [0.25, 0.3) is 0 Å². The second kappa shape index (κ2) is 5.97. The Bertz CT molecular complexity index is 368. The number of rotatable bonds is 4. The lowest BCUT2D eigenvalue weighted by Crippen LogP contribution is -2.20. The van der Waals surface area contributed by atoms with E-state index in [1.165, 1.54) is 0 Å². The average molecular weight is 305 g/mol. The predicted molar refractivity (Wildman–Crippen MR) is 64.0 cm³/mol. The van der Waals surface area contributed by atoms with Crippen LogP contribution >= 0.6 is 15.9 Å². The summed E-state index contributed by atoms with van der Waals surface area (Å²) in [4.78, 5) is 0. The second-order valence-corrected chi connectivity index (χ2v) is 4.74. The van der Waals surface area contributed by atoms with Crippen molar-refractivity contribution >= 4 is 23.3 Å². The highest BCUT2D eigenvalue weighted by Gasteiger charge is 2.19. The van der Waals surface area contributed by atoms with Crippen molar-refractivity contribution in [2.75, 3.05) is 13.2 Å². The zero-order valence-electron chi connectivity index (χ0n) is 9.25. The summed E-state index contributed by atoms with van der Waals surface area (Å²) in [6.45, 7) is 1.57. The van der Waals surface area contributed by atoms with Gasteiger partial charge in [0.05, 0.1) is 17.1 Å². The Morgan fingerprint density at radius 3 is 2.88 bits per heavy atom. The summed E-state index contributed by atoms with van der Waals surface area (Å²) >= 11 is 3.38. The highest BCUT2D eigenvalue weighted by Crippen LogP contribution is 2.24. The average Bonchev–Trinajstić information content (AvgIpc) is 2.69. The van der Waals surface area contributed by atoms with Gasteiger partial charge in [0.15, 0.2) is 0 Å². The van der Waals surface area contributed by atoms with Crippen molar-refractivity contribution in [2.45, 2.75) is 25.5 Å². The van der Waals surface area contributed by atoms with E-state index in [1.54, 1.807) is 0 Å². The minimum atomic E-state index is -1.77. The molecule has 2 heterocycles. The molecule has 0 unspecified atom stereocenters. The smallest absolute Gasteiger partial charge is 0.402 e. The van der Waals surface area contributed by atoms with Crippen LogP contribution in [0.4, 0.5) is 0 Å². The largest absolute Gasteiger partial charge is 0.634 e. The molecule has 6 nitrogen and oxygen atoms in total. The number of aromatic nitrogens is 2. The number of hydrogen-bond donors (Lipinski definition) is 2. The van der Waals surface area contributed by atoms with Crippen molar-refractivity contribution in [3.8, 4) is 0 Å². The van der Waals surface area contributed by atoms with E-state index in [9.17, 15) is 0 Å². The molecule has 1 aliphatic rings. The third-order valence-electron chi connectivity index (χ3n) is 2.69. The van der Waals surface area contributed by atoms with Crippen molar-refractivity contribution in [1.82, 2.24) is 9.78 Å². The van der Waals surface area contributed by atoms with Crippen LogP contribution in [0.2, 0.25) is 0 Å². The SMILES string of the molecule is OB(O)OCc1nn(C2CCOCC2)cc1Br. The van der Waals surface area contributed by atoms with Crippen LogP contribution in [0.3, 0.4) is 0 Å². The maximum Gasteiger partial charge on any atom is 0.634 e. The van der Waals surface area contributed by atoms with Crippen molar-refractivity contribution in [3.05, 3.63) is 16.4 Å². The summed E-state index contributed by atoms with van der Waals surface area (Å²) in [5.74, 6) is 0. The molecule has 0 spiro atoms. The Morgan fingerprint density at radius 1 is 1.53 bits per heavy atom. The summed E-state index contributed by atoms with van der Waals surface area (Å²) in [5, 5.41) is 21.6. The van der Waals surface area contributed by atoms with Gasteiger partial charge in [-0.25, -0.2) is 0 Å². The van der Waals surface area contributed by atoms with Crippen LogP contribution < -0.4 is 0 Å². The fourth-order valence-corrected chi connectivity index (χ4v) is 2.20. The maximum atomic E-state index is 8.63. The van der Waals surface area contributed by atoms with Crippen LogP contribution in [0.5, 0.6) is 0 Å². The molecule has 0 saturated carbocycles. The molecule has 1 aromatic rings. The Morgan fingerprint density at radius 2 is 2.24 bits per heavy atom. The summed E-state index contributed by atoms with van der Waals surface area (Å²) in [7, 11) is -1.77. The van der Waals surface area contributed by atoms with Crippen molar-refractivity contribution < 1.29 is 19.4 Å². The molecule has 17 heavy (non-hydrogen) atoms. The molecule has 2 N–H and O–H groups in total. The number of halogens is 1. The van der Waals surface area contributed by atoms with E-state index in [2.05, 4.69) is 25.7 Å². The molecule has 1 saturated heterocycles. The third-order valence-corrected chi connectivity index (χ3v) is 3.35. The fraction of sp³-hybridized carbons (Fsp3) is 0.667. The van der Waals surface area contributed by atoms with E-state index < -0.39 is 7.32 Å². The number of hydrogen-bond acceptors (Lipinski definition) is 5. The zero-order valence-corrected chi connectivity index (χ0v) is 10.8. The molecule has 0 bridgehead atoms. The van der Waals surface area contributed by atoms with Gasteiger partial charge >= 0.3 is 7.32 Å². The van der Waals surface area contributed by atoms with Gasteiger partial charge in [-0.15, -0.1) is 0 Å². The normalized spacial score (nSPS) is 17.4. The van der Waals surface area contributed by atoms with Gasteiger partial charge in [-0.2, -0.15) is 5.10 Å². The van der Waals surface area contributed by atoms with Crippen LogP contribution in [0.1, 0.15) is 24.6 Å². The minimum Gasteiger partial charge on any atom is -0.402 e. The van der Waals surface area contributed by atoms with Gasteiger partial charge in [0.2, 0.25) is 0 Å². The second-order valence-electron chi connectivity index (χ2n) is 3.88. The summed E-state index contributed by atoms with van der Waals surface area (Å²) in [6.07, 6.45) is 3.77. The van der Waals surface area contributed by atoms with Gasteiger partial charge in [0.25, 0.3) is 0 Å². The molecule has 8 heteroatoms. The molecule has 94 valence electrons. The monoisotopic (exact) mass is 304 g/mol. The first kappa shape index (κ1) is 13.0. The van der Waals surface area contributed by atoms with E-state index in [-0.39, 0.29) is 6.61 Å². The molecular weight excluding hydrogens is 291 g/mol. The molecule has 0 amide bonds. The predicted octanol–water partition coefficient (Wildman–Crippen LogP) is 0.483. The van der Waals surface area contributed by atoms with Gasteiger partial charge < -0.3 is 19.4 Å². The van der Waals surface area contributed by atoms with Gasteiger partial charge in [0, 0.05) is 19.4 Å². The first-order valence-electron chi connectivity index (χ1n) is 5.46. The molecule has 0 aliphatic carbocycles. The van der Waals surface area contributed by atoms with E-state index in [0.29, 0.717) is 11.7 Å². The fourth-order valence-electron chi connectivity index (χ4n) is 1.79. The van der Waals surface area contributed by atoms with Crippen molar-refractivity contribution in [3.63, 3.8) is 0 Å². The van der Waals surface area contributed by atoms with Crippen LogP contribution in [0, 0.1) is 0 Å². The van der Waals surface area contributed by atoms with Gasteiger partial charge in [-0.3, -0.25) is 4.68 Å². The van der Waals surface area contributed by atoms with Crippen LogP contribution in [-0.4, -0.2) is 40.4 Å². The molecular formula is C9H14BBrN2O4. The van der Waals surface area contributed by atoms with Crippen molar-refractivity contribution in [2.24, 2.45) is 0 Å². The first-order valence-corrected chi connectivity index (χ1v) is 6.25. The van der Waals surface area contributed by atoms with Gasteiger partial charge in [0.1, 0.15) is 5.69 Å². The van der Waals surface area contributed by atoms with Gasteiger partial charge in [-0.05, 0) is 28.8 Å². The molecule has 1 aliphatic heterocycles. The van der Waals surface area contributed by atoms with E-state index in [1.807, 2.05) is 10.9 Å². The summed E-state index contributed by atoms with van der Waals surface area (Å²) in [6, 6.07) is 0.341. The first-order chi connectivity index (χ1) is 8.16. The van der Waals surface area contributed by atoms with E-state index in [0.717, 1.165) is 30.5 Å².